The number of hydrogen-bond donors (Lipinski definition) is 1. The fraction of sp³-hybridized carbons (Fsp3) is 0.136. The summed E-state index contributed by atoms with van der Waals surface area (Å²) in [5.74, 6) is -0.452. The Morgan fingerprint density at radius 3 is 2.53 bits per heavy atom. The molecule has 0 radical (unpaired) electrons. The van der Waals surface area contributed by atoms with Gasteiger partial charge in [-0.1, -0.05) is 18.2 Å². The van der Waals surface area contributed by atoms with Crippen molar-refractivity contribution in [2.24, 2.45) is 4.99 Å². The highest BCUT2D eigenvalue weighted by atomic mass is 19.4. The van der Waals surface area contributed by atoms with Gasteiger partial charge in [-0.3, -0.25) is 9.79 Å². The molecule has 0 saturated carbocycles. The molecule has 1 amide bonds. The van der Waals surface area contributed by atoms with E-state index in [2.05, 4.69) is 10.3 Å². The number of rotatable bonds is 2. The highest BCUT2D eigenvalue weighted by molar-refractivity contribution is 6.17. The molecule has 0 unspecified atom stereocenters. The van der Waals surface area contributed by atoms with Crippen molar-refractivity contribution >= 4 is 23.0 Å². The zero-order valence-electron chi connectivity index (χ0n) is 15.8. The first-order valence-corrected chi connectivity index (χ1v) is 9.09. The van der Waals surface area contributed by atoms with E-state index in [0.717, 1.165) is 11.6 Å². The SMILES string of the molecule is Cc1cc2c(cc1C(F)(F)F)NC(=O)CC(c1cccc(-c3ccc[n+]([O-])c3)c1)=N2. The van der Waals surface area contributed by atoms with E-state index in [1.165, 1.54) is 25.4 Å². The number of fused-ring (bicyclic) bond motifs is 1. The third kappa shape index (κ3) is 3.89. The number of anilines is 1. The summed E-state index contributed by atoms with van der Waals surface area (Å²) in [6.45, 7) is 1.36. The number of halogens is 3. The lowest BCUT2D eigenvalue weighted by Crippen LogP contribution is -2.23. The summed E-state index contributed by atoms with van der Waals surface area (Å²) < 4.78 is 40.4. The molecule has 1 aliphatic heterocycles. The molecule has 0 fully saturated rings. The molecule has 3 aromatic rings. The summed E-state index contributed by atoms with van der Waals surface area (Å²) in [6.07, 6.45) is -1.81. The Labute approximate surface area is 170 Å². The van der Waals surface area contributed by atoms with Crippen molar-refractivity contribution in [1.29, 1.82) is 0 Å². The Morgan fingerprint density at radius 2 is 1.80 bits per heavy atom. The molecule has 1 N–H and O–H groups in total. The highest BCUT2D eigenvalue weighted by Crippen LogP contribution is 2.39. The molecule has 0 saturated heterocycles. The molecular formula is C22H16F3N3O2. The van der Waals surface area contributed by atoms with Crippen LogP contribution in [0.4, 0.5) is 24.5 Å². The summed E-state index contributed by atoms with van der Waals surface area (Å²) in [6, 6.07) is 12.8. The van der Waals surface area contributed by atoms with Gasteiger partial charge in [0.15, 0.2) is 12.4 Å². The molecule has 0 aliphatic carbocycles. The molecule has 8 heteroatoms. The van der Waals surface area contributed by atoms with Gasteiger partial charge in [0.1, 0.15) is 0 Å². The van der Waals surface area contributed by atoms with E-state index in [-0.39, 0.29) is 23.4 Å². The van der Waals surface area contributed by atoms with Gasteiger partial charge in [0, 0.05) is 11.6 Å². The number of carbonyl (C=O) groups is 1. The first-order valence-electron chi connectivity index (χ1n) is 9.09. The quantitative estimate of drug-likeness (QED) is 0.487. The molecule has 1 aliphatic rings. The third-order valence-electron chi connectivity index (χ3n) is 4.81. The fourth-order valence-corrected chi connectivity index (χ4v) is 3.39. The number of alkyl halides is 3. The number of amides is 1. The summed E-state index contributed by atoms with van der Waals surface area (Å²) in [4.78, 5) is 16.9. The molecule has 2 heterocycles. The number of pyridine rings is 1. The third-order valence-corrected chi connectivity index (χ3v) is 4.81. The molecule has 152 valence electrons. The van der Waals surface area contributed by atoms with Crippen LogP contribution in [0.5, 0.6) is 0 Å². The Morgan fingerprint density at radius 1 is 1.07 bits per heavy atom. The molecule has 30 heavy (non-hydrogen) atoms. The van der Waals surface area contributed by atoms with Crippen molar-refractivity contribution < 1.29 is 22.7 Å². The zero-order valence-corrected chi connectivity index (χ0v) is 15.8. The lowest BCUT2D eigenvalue weighted by Gasteiger charge is -2.13. The number of hydrogen-bond acceptors (Lipinski definition) is 3. The first-order chi connectivity index (χ1) is 14.2. The molecule has 5 nitrogen and oxygen atoms in total. The van der Waals surface area contributed by atoms with Crippen LogP contribution in [0.1, 0.15) is 23.1 Å². The average molecular weight is 411 g/mol. The average Bonchev–Trinajstić information content (AvgIpc) is 2.84. The molecule has 0 atom stereocenters. The molecule has 0 bridgehead atoms. The topological polar surface area (TPSA) is 68.4 Å². The Hall–Kier alpha value is -3.68. The van der Waals surface area contributed by atoms with Crippen LogP contribution in [0.3, 0.4) is 0 Å². The number of aryl methyl sites for hydroxylation is 1. The molecule has 4 rings (SSSR count). The number of benzene rings is 2. The van der Waals surface area contributed by atoms with Gasteiger partial charge in [-0.05, 0) is 47.9 Å². The van der Waals surface area contributed by atoms with Gasteiger partial charge in [-0.15, -0.1) is 0 Å². The van der Waals surface area contributed by atoms with E-state index in [1.807, 2.05) is 6.07 Å². The largest absolute Gasteiger partial charge is 0.619 e. The second-order valence-electron chi connectivity index (χ2n) is 7.00. The van der Waals surface area contributed by atoms with Crippen LogP contribution in [0, 0.1) is 12.1 Å². The number of aliphatic imine (C=N–C) groups is 1. The maximum absolute atomic E-state index is 13.2. The predicted molar refractivity (Wildman–Crippen MR) is 106 cm³/mol. The van der Waals surface area contributed by atoms with E-state index in [0.29, 0.717) is 21.6 Å². The second kappa shape index (κ2) is 7.29. The normalized spacial score (nSPS) is 13.9. The van der Waals surface area contributed by atoms with Crippen LogP contribution >= 0.6 is 0 Å². The molecule has 1 aromatic heterocycles. The maximum atomic E-state index is 13.2. The molecule has 2 aromatic carbocycles. The minimum Gasteiger partial charge on any atom is -0.619 e. The Balaban J connectivity index is 1.80. The monoisotopic (exact) mass is 411 g/mol. The lowest BCUT2D eigenvalue weighted by atomic mass is 10.0. The highest BCUT2D eigenvalue weighted by Gasteiger charge is 2.34. The summed E-state index contributed by atoms with van der Waals surface area (Å²) in [7, 11) is 0. The summed E-state index contributed by atoms with van der Waals surface area (Å²) in [5, 5.41) is 14.1. The van der Waals surface area contributed by atoms with Crippen LogP contribution in [-0.2, 0) is 11.0 Å². The first kappa shape index (κ1) is 19.6. The van der Waals surface area contributed by atoms with Crippen molar-refractivity contribution in [3.05, 3.63) is 82.8 Å². The van der Waals surface area contributed by atoms with Gasteiger partial charge in [-0.25, -0.2) is 0 Å². The standard InChI is InChI=1S/C22H16F3N3O2/c1-13-8-19-20(10-17(13)22(23,24)25)27-21(29)11-18(26-19)15-5-2-4-14(9-15)16-6-3-7-28(30)12-16/h2-10,12H,11H2,1H3,(H,27,29). The van der Waals surface area contributed by atoms with Crippen molar-refractivity contribution in [1.82, 2.24) is 0 Å². The zero-order chi connectivity index (χ0) is 21.5. The van der Waals surface area contributed by atoms with Gasteiger partial charge in [-0.2, -0.15) is 17.9 Å². The van der Waals surface area contributed by atoms with Gasteiger partial charge in [0.2, 0.25) is 5.91 Å². The van der Waals surface area contributed by atoms with Crippen molar-refractivity contribution in [2.75, 3.05) is 5.32 Å². The lowest BCUT2D eigenvalue weighted by molar-refractivity contribution is -0.604. The van der Waals surface area contributed by atoms with Gasteiger partial charge in [0.25, 0.3) is 0 Å². The maximum Gasteiger partial charge on any atom is 0.416 e. The van der Waals surface area contributed by atoms with Crippen LogP contribution < -0.4 is 10.0 Å². The van der Waals surface area contributed by atoms with E-state index in [9.17, 15) is 23.2 Å². The minimum atomic E-state index is -4.52. The molecule has 0 spiro atoms. The number of nitrogens with one attached hydrogen (secondary N) is 1. The fourth-order valence-electron chi connectivity index (χ4n) is 3.39. The van der Waals surface area contributed by atoms with E-state index in [4.69, 9.17) is 0 Å². The van der Waals surface area contributed by atoms with E-state index >= 15 is 0 Å². The van der Waals surface area contributed by atoms with Gasteiger partial charge in [0.05, 0.1) is 29.1 Å². The van der Waals surface area contributed by atoms with Crippen LogP contribution in [0.25, 0.3) is 11.1 Å². The van der Waals surface area contributed by atoms with Crippen LogP contribution in [-0.4, -0.2) is 11.6 Å². The Bertz CT molecular complexity index is 1190. The summed E-state index contributed by atoms with van der Waals surface area (Å²) >= 11 is 0. The minimum absolute atomic E-state index is 0.0264. The van der Waals surface area contributed by atoms with E-state index in [1.54, 1.807) is 30.3 Å². The van der Waals surface area contributed by atoms with Crippen molar-refractivity contribution in [3.63, 3.8) is 0 Å². The smallest absolute Gasteiger partial charge is 0.416 e. The molecular weight excluding hydrogens is 395 g/mol. The van der Waals surface area contributed by atoms with E-state index < -0.39 is 17.6 Å². The Kier molecular flexibility index (Phi) is 4.77. The summed E-state index contributed by atoms with van der Waals surface area (Å²) in [5.41, 5.74) is 2.04. The van der Waals surface area contributed by atoms with Gasteiger partial charge >= 0.3 is 6.18 Å². The van der Waals surface area contributed by atoms with Crippen molar-refractivity contribution in [2.45, 2.75) is 19.5 Å². The van der Waals surface area contributed by atoms with Crippen LogP contribution in [0.2, 0.25) is 0 Å². The number of nitrogens with zero attached hydrogens (tertiary/aromatic N) is 2. The predicted octanol–water partition coefficient (Wildman–Crippen LogP) is 4.78. The number of carbonyl (C=O) groups excluding carboxylic acids is 1. The number of aromatic nitrogens is 1. The van der Waals surface area contributed by atoms with Crippen molar-refractivity contribution in [3.8, 4) is 11.1 Å². The van der Waals surface area contributed by atoms with Gasteiger partial charge < -0.3 is 10.5 Å². The second-order valence-corrected chi connectivity index (χ2v) is 7.00. The van der Waals surface area contributed by atoms with Crippen LogP contribution in [0.15, 0.2) is 65.9 Å².